The maximum Gasteiger partial charge on any atom is 0.407 e. The minimum absolute atomic E-state index is 0.0787. The lowest BCUT2D eigenvalue weighted by atomic mass is 10.0. The van der Waals surface area contributed by atoms with Gasteiger partial charge in [-0.3, -0.25) is 4.79 Å². The smallest absolute Gasteiger partial charge is 0.407 e. The zero-order valence-corrected chi connectivity index (χ0v) is 14.0. The summed E-state index contributed by atoms with van der Waals surface area (Å²) in [6.45, 7) is 1.99. The first-order chi connectivity index (χ1) is 11.6. The van der Waals surface area contributed by atoms with Crippen LogP contribution in [0.3, 0.4) is 0 Å². The molecule has 24 heavy (non-hydrogen) atoms. The molecular weight excluding hydrogens is 328 g/mol. The SMILES string of the molecule is CCOC(=O)N[C@@H](CC(=O)Nc1cccc(Cl)c1)c1ccccc1. The Morgan fingerprint density at radius 2 is 1.88 bits per heavy atom. The van der Waals surface area contributed by atoms with E-state index in [4.69, 9.17) is 16.3 Å². The molecule has 1 atom stereocenters. The van der Waals surface area contributed by atoms with E-state index >= 15 is 0 Å². The lowest BCUT2D eigenvalue weighted by Gasteiger charge is -2.18. The third kappa shape index (κ3) is 5.59. The van der Waals surface area contributed by atoms with Gasteiger partial charge in [-0.2, -0.15) is 0 Å². The number of nitrogens with one attached hydrogen (secondary N) is 2. The summed E-state index contributed by atoms with van der Waals surface area (Å²) in [6, 6.07) is 15.7. The molecule has 0 unspecified atom stereocenters. The fourth-order valence-corrected chi connectivity index (χ4v) is 2.41. The van der Waals surface area contributed by atoms with Crippen molar-refractivity contribution < 1.29 is 14.3 Å². The molecule has 0 aromatic heterocycles. The van der Waals surface area contributed by atoms with E-state index in [1.54, 1.807) is 31.2 Å². The Hall–Kier alpha value is -2.53. The number of hydrogen-bond acceptors (Lipinski definition) is 3. The van der Waals surface area contributed by atoms with Gasteiger partial charge in [0, 0.05) is 10.7 Å². The van der Waals surface area contributed by atoms with E-state index in [1.165, 1.54) is 0 Å². The number of rotatable bonds is 6. The van der Waals surface area contributed by atoms with E-state index in [2.05, 4.69) is 10.6 Å². The average molecular weight is 347 g/mol. The lowest BCUT2D eigenvalue weighted by Crippen LogP contribution is -2.32. The van der Waals surface area contributed by atoms with Gasteiger partial charge in [0.1, 0.15) is 0 Å². The molecule has 0 saturated heterocycles. The van der Waals surface area contributed by atoms with E-state index < -0.39 is 12.1 Å². The normalized spacial score (nSPS) is 11.4. The number of hydrogen-bond donors (Lipinski definition) is 2. The second-order valence-electron chi connectivity index (χ2n) is 5.09. The predicted octanol–water partition coefficient (Wildman–Crippen LogP) is 4.16. The molecule has 0 aliphatic carbocycles. The molecule has 2 rings (SSSR count). The highest BCUT2D eigenvalue weighted by atomic mass is 35.5. The number of ether oxygens (including phenoxy) is 1. The van der Waals surface area contributed by atoms with Gasteiger partial charge in [-0.25, -0.2) is 4.79 Å². The summed E-state index contributed by atoms with van der Waals surface area (Å²) in [5.41, 5.74) is 1.43. The predicted molar refractivity (Wildman–Crippen MR) is 94.0 cm³/mol. The summed E-state index contributed by atoms with van der Waals surface area (Å²) >= 11 is 5.91. The largest absolute Gasteiger partial charge is 0.450 e. The molecule has 0 saturated carbocycles. The number of alkyl carbamates (subject to hydrolysis) is 1. The number of anilines is 1. The van der Waals surface area contributed by atoms with E-state index in [0.717, 1.165) is 5.56 Å². The summed E-state index contributed by atoms with van der Waals surface area (Å²) in [5.74, 6) is -0.233. The first kappa shape index (κ1) is 17.8. The first-order valence-corrected chi connectivity index (χ1v) is 8.00. The summed E-state index contributed by atoms with van der Waals surface area (Å²) in [6.07, 6.45) is -0.475. The maximum absolute atomic E-state index is 12.3. The molecule has 2 amide bonds. The zero-order chi connectivity index (χ0) is 17.4. The van der Waals surface area contributed by atoms with Crippen LogP contribution in [0.1, 0.15) is 24.9 Å². The van der Waals surface area contributed by atoms with E-state index in [1.807, 2.05) is 30.3 Å². The molecule has 6 heteroatoms. The lowest BCUT2D eigenvalue weighted by molar-refractivity contribution is -0.116. The first-order valence-electron chi connectivity index (χ1n) is 7.62. The third-order valence-corrected chi connectivity index (χ3v) is 3.50. The molecule has 0 heterocycles. The Morgan fingerprint density at radius 1 is 1.12 bits per heavy atom. The Kier molecular flexibility index (Phi) is 6.63. The van der Waals surface area contributed by atoms with Crippen molar-refractivity contribution in [2.24, 2.45) is 0 Å². The van der Waals surface area contributed by atoms with Gasteiger partial charge in [0.05, 0.1) is 19.1 Å². The Bertz CT molecular complexity index is 692. The van der Waals surface area contributed by atoms with Crippen LogP contribution in [-0.4, -0.2) is 18.6 Å². The van der Waals surface area contributed by atoms with Crippen LogP contribution in [-0.2, 0) is 9.53 Å². The monoisotopic (exact) mass is 346 g/mol. The van der Waals surface area contributed by atoms with Crippen molar-refractivity contribution in [1.82, 2.24) is 5.32 Å². The Balaban J connectivity index is 2.06. The van der Waals surface area contributed by atoms with E-state index in [9.17, 15) is 9.59 Å². The number of benzene rings is 2. The number of halogens is 1. The molecule has 2 aromatic carbocycles. The van der Waals surface area contributed by atoms with Crippen LogP contribution in [0.25, 0.3) is 0 Å². The summed E-state index contributed by atoms with van der Waals surface area (Å²) in [7, 11) is 0. The van der Waals surface area contributed by atoms with Gasteiger partial charge in [-0.15, -0.1) is 0 Å². The minimum atomic E-state index is -0.554. The fraction of sp³-hybridized carbons (Fsp3) is 0.222. The Labute approximate surface area is 146 Å². The van der Waals surface area contributed by atoms with Crippen molar-refractivity contribution in [3.8, 4) is 0 Å². The fourth-order valence-electron chi connectivity index (χ4n) is 2.22. The van der Waals surface area contributed by atoms with Crippen LogP contribution >= 0.6 is 11.6 Å². The van der Waals surface area contributed by atoms with Gasteiger partial charge < -0.3 is 15.4 Å². The van der Waals surface area contributed by atoms with Crippen molar-refractivity contribution in [1.29, 1.82) is 0 Å². The van der Waals surface area contributed by atoms with Gasteiger partial charge in [0.25, 0.3) is 0 Å². The van der Waals surface area contributed by atoms with Crippen molar-refractivity contribution in [3.63, 3.8) is 0 Å². The summed E-state index contributed by atoms with van der Waals surface area (Å²) < 4.78 is 4.91. The molecule has 0 aliphatic heterocycles. The van der Waals surface area contributed by atoms with Gasteiger partial charge in [-0.1, -0.05) is 48.0 Å². The number of carbonyl (C=O) groups is 2. The van der Waals surface area contributed by atoms with Crippen LogP contribution in [0.2, 0.25) is 5.02 Å². The van der Waals surface area contributed by atoms with Crippen LogP contribution in [0.4, 0.5) is 10.5 Å². The number of carbonyl (C=O) groups excluding carboxylic acids is 2. The molecule has 126 valence electrons. The molecular formula is C18H19ClN2O3. The Morgan fingerprint density at radius 3 is 2.54 bits per heavy atom. The van der Waals surface area contributed by atoms with Crippen LogP contribution in [0, 0.1) is 0 Å². The van der Waals surface area contributed by atoms with E-state index in [0.29, 0.717) is 10.7 Å². The highest BCUT2D eigenvalue weighted by molar-refractivity contribution is 6.30. The van der Waals surface area contributed by atoms with Gasteiger partial charge in [0.15, 0.2) is 0 Å². The summed E-state index contributed by atoms with van der Waals surface area (Å²) in [4.78, 5) is 24.0. The van der Waals surface area contributed by atoms with Crippen molar-refractivity contribution in [2.45, 2.75) is 19.4 Å². The molecule has 5 nitrogen and oxygen atoms in total. The molecule has 0 radical (unpaired) electrons. The minimum Gasteiger partial charge on any atom is -0.450 e. The number of amides is 2. The van der Waals surface area contributed by atoms with Crippen molar-refractivity contribution in [3.05, 3.63) is 65.2 Å². The van der Waals surface area contributed by atoms with E-state index in [-0.39, 0.29) is 18.9 Å². The van der Waals surface area contributed by atoms with Gasteiger partial charge in [-0.05, 0) is 30.7 Å². The average Bonchev–Trinajstić information content (AvgIpc) is 2.55. The second kappa shape index (κ2) is 8.93. The van der Waals surface area contributed by atoms with Crippen molar-refractivity contribution >= 4 is 29.3 Å². The molecule has 0 fully saturated rings. The maximum atomic E-state index is 12.3. The van der Waals surface area contributed by atoms with Gasteiger partial charge in [0.2, 0.25) is 5.91 Å². The quantitative estimate of drug-likeness (QED) is 0.825. The molecule has 0 bridgehead atoms. The molecule has 0 aliphatic rings. The highest BCUT2D eigenvalue weighted by Crippen LogP contribution is 2.19. The van der Waals surface area contributed by atoms with Gasteiger partial charge >= 0.3 is 6.09 Å². The molecule has 2 aromatic rings. The zero-order valence-electron chi connectivity index (χ0n) is 13.3. The van der Waals surface area contributed by atoms with Crippen LogP contribution in [0.5, 0.6) is 0 Å². The summed E-state index contributed by atoms with van der Waals surface area (Å²) in [5, 5.41) is 6.03. The highest BCUT2D eigenvalue weighted by Gasteiger charge is 2.19. The third-order valence-electron chi connectivity index (χ3n) is 3.27. The second-order valence-corrected chi connectivity index (χ2v) is 5.53. The van der Waals surface area contributed by atoms with Crippen LogP contribution < -0.4 is 10.6 Å². The molecule has 2 N–H and O–H groups in total. The van der Waals surface area contributed by atoms with Crippen molar-refractivity contribution in [2.75, 3.05) is 11.9 Å². The van der Waals surface area contributed by atoms with Crippen LogP contribution in [0.15, 0.2) is 54.6 Å². The molecule has 0 spiro atoms. The standard InChI is InChI=1S/C18H19ClN2O3/c1-2-24-18(23)21-16(13-7-4-3-5-8-13)12-17(22)20-15-10-6-9-14(19)11-15/h3-11,16H,2,12H2,1H3,(H,20,22)(H,21,23)/t16-/m0/s1. The topological polar surface area (TPSA) is 67.4 Å².